The van der Waals surface area contributed by atoms with Crippen molar-refractivity contribution in [1.29, 1.82) is 0 Å². The predicted molar refractivity (Wildman–Crippen MR) is 54.5 cm³/mol. The molecule has 1 rings (SSSR count). The van der Waals surface area contributed by atoms with Gasteiger partial charge >= 0.3 is 0 Å². The first-order valence-electron chi connectivity index (χ1n) is 5.24. The maximum atomic E-state index is 11.0. The summed E-state index contributed by atoms with van der Waals surface area (Å²) in [5.41, 5.74) is -0.440. The van der Waals surface area contributed by atoms with Crippen LogP contribution in [0.25, 0.3) is 0 Å². The average molecular weight is 217 g/mol. The van der Waals surface area contributed by atoms with Crippen LogP contribution in [0.2, 0.25) is 0 Å². The first-order chi connectivity index (χ1) is 7.26. The van der Waals surface area contributed by atoms with Gasteiger partial charge in [0.05, 0.1) is 25.2 Å². The molecule has 1 unspecified atom stereocenters. The molecule has 5 nitrogen and oxygen atoms in total. The third kappa shape index (κ3) is 3.53. The van der Waals surface area contributed by atoms with Crippen molar-refractivity contribution < 1.29 is 19.7 Å². The highest BCUT2D eigenvalue weighted by Crippen LogP contribution is 2.27. The molecule has 15 heavy (non-hydrogen) atoms. The van der Waals surface area contributed by atoms with Gasteiger partial charge in [-0.1, -0.05) is 0 Å². The first-order valence-corrected chi connectivity index (χ1v) is 5.24. The van der Waals surface area contributed by atoms with Gasteiger partial charge in [0, 0.05) is 26.2 Å². The van der Waals surface area contributed by atoms with Crippen LogP contribution in [-0.4, -0.2) is 67.5 Å². The van der Waals surface area contributed by atoms with E-state index in [0.29, 0.717) is 32.8 Å². The van der Waals surface area contributed by atoms with E-state index < -0.39 is 5.41 Å². The normalized spacial score (nSPS) is 26.1. The fraction of sp³-hybridized carbons (Fsp3) is 0.900. The molecule has 0 aromatic heterocycles. The average Bonchev–Trinajstić information content (AvgIpc) is 2.68. The second kappa shape index (κ2) is 6.17. The highest BCUT2D eigenvalue weighted by atomic mass is 16.5. The summed E-state index contributed by atoms with van der Waals surface area (Å²) in [6.45, 7) is 2.66. The summed E-state index contributed by atoms with van der Waals surface area (Å²) >= 11 is 0. The first kappa shape index (κ1) is 12.6. The second-order valence-corrected chi connectivity index (χ2v) is 4.01. The molecule has 0 amide bonds. The van der Waals surface area contributed by atoms with Gasteiger partial charge in [0.1, 0.15) is 6.29 Å². The number of nitrogens with zero attached hydrogens (tertiary/aromatic N) is 1. The van der Waals surface area contributed by atoms with E-state index in [2.05, 4.69) is 0 Å². The molecule has 0 saturated carbocycles. The lowest BCUT2D eigenvalue weighted by Gasteiger charge is -2.29. The van der Waals surface area contributed by atoms with Crippen LogP contribution in [0.4, 0.5) is 0 Å². The molecule has 1 aliphatic heterocycles. The van der Waals surface area contributed by atoms with Crippen molar-refractivity contribution >= 4 is 6.29 Å². The summed E-state index contributed by atoms with van der Waals surface area (Å²) < 4.78 is 5.23. The van der Waals surface area contributed by atoms with Crippen LogP contribution in [0.15, 0.2) is 0 Å². The lowest BCUT2D eigenvalue weighted by atomic mass is 9.88. The van der Waals surface area contributed by atoms with Crippen LogP contribution >= 0.6 is 0 Å². The molecule has 2 N–H and O–H groups in total. The second-order valence-electron chi connectivity index (χ2n) is 4.01. The van der Waals surface area contributed by atoms with Crippen LogP contribution in [0.5, 0.6) is 0 Å². The van der Waals surface area contributed by atoms with Gasteiger partial charge in [-0.2, -0.15) is 0 Å². The van der Waals surface area contributed by atoms with Gasteiger partial charge in [-0.25, -0.2) is 0 Å². The molecule has 88 valence electrons. The topological polar surface area (TPSA) is 70.0 Å². The van der Waals surface area contributed by atoms with Gasteiger partial charge in [0.25, 0.3) is 0 Å². The minimum absolute atomic E-state index is 0.0375. The molecule has 1 atom stereocenters. The van der Waals surface area contributed by atoms with Crippen molar-refractivity contribution in [3.8, 4) is 0 Å². The van der Waals surface area contributed by atoms with Crippen molar-refractivity contribution in [1.82, 2.24) is 4.90 Å². The van der Waals surface area contributed by atoms with Crippen LogP contribution in [0.1, 0.15) is 6.42 Å². The van der Waals surface area contributed by atoms with E-state index in [4.69, 9.17) is 14.9 Å². The Kier molecular flexibility index (Phi) is 5.17. The van der Waals surface area contributed by atoms with Gasteiger partial charge in [-0.05, 0) is 6.42 Å². The van der Waals surface area contributed by atoms with Crippen molar-refractivity contribution in [3.05, 3.63) is 0 Å². The molecule has 0 aromatic carbocycles. The number of aldehydes is 1. The molecule has 0 aliphatic carbocycles. The van der Waals surface area contributed by atoms with Crippen molar-refractivity contribution in [2.24, 2.45) is 5.41 Å². The zero-order chi connectivity index (χ0) is 11.1. The Morgan fingerprint density at radius 2 is 2.00 bits per heavy atom. The maximum Gasteiger partial charge on any atom is 0.129 e. The molecule has 0 radical (unpaired) electrons. The summed E-state index contributed by atoms with van der Waals surface area (Å²) in [7, 11) is 0. The largest absolute Gasteiger partial charge is 0.395 e. The van der Waals surface area contributed by atoms with Crippen LogP contribution in [0.3, 0.4) is 0 Å². The van der Waals surface area contributed by atoms with Gasteiger partial charge in [0.15, 0.2) is 0 Å². The number of hydrogen-bond donors (Lipinski definition) is 2. The smallest absolute Gasteiger partial charge is 0.129 e. The molecular weight excluding hydrogens is 198 g/mol. The number of carbonyl (C=O) groups is 1. The van der Waals surface area contributed by atoms with E-state index >= 15 is 0 Å². The summed E-state index contributed by atoms with van der Waals surface area (Å²) in [5, 5.41) is 17.7. The minimum atomic E-state index is -0.440. The Hall–Kier alpha value is -0.490. The Morgan fingerprint density at radius 3 is 2.40 bits per heavy atom. The third-order valence-corrected chi connectivity index (χ3v) is 2.75. The molecule has 0 bridgehead atoms. The molecule has 5 heteroatoms. The van der Waals surface area contributed by atoms with Crippen molar-refractivity contribution in [3.63, 3.8) is 0 Å². The minimum Gasteiger partial charge on any atom is -0.395 e. The van der Waals surface area contributed by atoms with Gasteiger partial charge in [0.2, 0.25) is 0 Å². The Labute approximate surface area is 89.6 Å². The number of rotatable bonds is 7. The molecule has 0 aromatic rings. The highest BCUT2D eigenvalue weighted by Gasteiger charge is 2.36. The summed E-state index contributed by atoms with van der Waals surface area (Å²) in [4.78, 5) is 12.9. The molecule has 1 saturated heterocycles. The van der Waals surface area contributed by atoms with Crippen molar-refractivity contribution in [2.45, 2.75) is 6.42 Å². The maximum absolute atomic E-state index is 11.0. The quantitative estimate of drug-likeness (QED) is 0.529. The zero-order valence-electron chi connectivity index (χ0n) is 8.89. The highest BCUT2D eigenvalue weighted by molar-refractivity contribution is 5.60. The van der Waals surface area contributed by atoms with E-state index in [9.17, 15) is 4.79 Å². The Morgan fingerprint density at radius 1 is 1.33 bits per heavy atom. The molecule has 1 heterocycles. The monoisotopic (exact) mass is 217 g/mol. The summed E-state index contributed by atoms with van der Waals surface area (Å²) in [6, 6.07) is 0. The SMILES string of the molecule is O=CC1(CN(CCO)CCO)CCOC1. The van der Waals surface area contributed by atoms with E-state index in [-0.39, 0.29) is 13.2 Å². The van der Waals surface area contributed by atoms with E-state index in [1.165, 1.54) is 0 Å². The Balaban J connectivity index is 2.49. The van der Waals surface area contributed by atoms with E-state index in [1.54, 1.807) is 0 Å². The predicted octanol–water partition coefficient (Wildman–Crippen LogP) is -1.12. The van der Waals surface area contributed by atoms with E-state index in [1.807, 2.05) is 4.90 Å². The fourth-order valence-corrected chi connectivity index (χ4v) is 1.88. The lowest BCUT2D eigenvalue weighted by molar-refractivity contribution is -0.117. The number of aliphatic hydroxyl groups excluding tert-OH is 2. The van der Waals surface area contributed by atoms with Crippen LogP contribution < -0.4 is 0 Å². The van der Waals surface area contributed by atoms with Crippen LogP contribution in [-0.2, 0) is 9.53 Å². The summed E-state index contributed by atoms with van der Waals surface area (Å²) in [5.74, 6) is 0. The molecule has 1 aliphatic rings. The van der Waals surface area contributed by atoms with Crippen molar-refractivity contribution in [2.75, 3.05) is 46.1 Å². The molecule has 0 spiro atoms. The van der Waals surface area contributed by atoms with Gasteiger partial charge in [-0.3, -0.25) is 4.90 Å². The van der Waals surface area contributed by atoms with Gasteiger partial charge < -0.3 is 19.7 Å². The number of carbonyl (C=O) groups excluding carboxylic acids is 1. The third-order valence-electron chi connectivity index (χ3n) is 2.75. The fourth-order valence-electron chi connectivity index (χ4n) is 1.88. The zero-order valence-corrected chi connectivity index (χ0v) is 8.89. The molecular formula is C10H19NO4. The molecule has 1 fully saturated rings. The lowest BCUT2D eigenvalue weighted by Crippen LogP contribution is -2.42. The number of aliphatic hydroxyl groups is 2. The van der Waals surface area contributed by atoms with Crippen LogP contribution in [0, 0.1) is 5.41 Å². The number of ether oxygens (including phenoxy) is 1. The summed E-state index contributed by atoms with van der Waals surface area (Å²) in [6.07, 6.45) is 1.67. The standard InChI is InChI=1S/C10H19NO4/c12-4-2-11(3-5-13)7-10(8-14)1-6-15-9-10/h8,12-13H,1-7,9H2. The Bertz CT molecular complexity index is 186. The van der Waals surface area contributed by atoms with Gasteiger partial charge in [-0.15, -0.1) is 0 Å². The number of hydrogen-bond acceptors (Lipinski definition) is 5. The van der Waals surface area contributed by atoms with E-state index in [0.717, 1.165) is 12.7 Å².